The molecular formula is C32H29N3O2S. The number of carbonyl (C=O) groups is 1. The molecule has 0 aliphatic rings. The second kappa shape index (κ2) is 11.8. The molecule has 1 amide bonds. The molecule has 0 unspecified atom stereocenters. The Bertz CT molecular complexity index is 1570. The number of hydrogen-bond acceptors (Lipinski definition) is 4. The fraction of sp³-hybridized carbons (Fsp3) is 0.125. The molecule has 4 aromatic carbocycles. The number of para-hydroxylation sites is 1. The Balaban J connectivity index is 1.62. The molecule has 190 valence electrons. The van der Waals surface area contributed by atoms with Crippen LogP contribution >= 0.6 is 11.3 Å². The highest BCUT2D eigenvalue weighted by molar-refractivity contribution is 7.14. The van der Waals surface area contributed by atoms with E-state index in [1.54, 1.807) is 7.11 Å². The molecule has 0 aliphatic carbocycles. The van der Waals surface area contributed by atoms with Crippen molar-refractivity contribution in [2.75, 3.05) is 12.4 Å². The lowest BCUT2D eigenvalue weighted by atomic mass is 10.1. The third-order valence-electron chi connectivity index (χ3n) is 6.26. The Hall–Kier alpha value is -4.42. The van der Waals surface area contributed by atoms with Gasteiger partial charge >= 0.3 is 0 Å². The Kier molecular flexibility index (Phi) is 7.81. The van der Waals surface area contributed by atoms with Gasteiger partial charge in [0.15, 0.2) is 4.80 Å². The van der Waals surface area contributed by atoms with Crippen molar-refractivity contribution in [2.24, 2.45) is 4.99 Å². The van der Waals surface area contributed by atoms with E-state index in [0.29, 0.717) is 12.1 Å². The van der Waals surface area contributed by atoms with Gasteiger partial charge in [0.2, 0.25) is 0 Å². The van der Waals surface area contributed by atoms with Crippen LogP contribution in [0.25, 0.3) is 11.3 Å². The molecule has 5 nitrogen and oxygen atoms in total. The maximum absolute atomic E-state index is 13.2. The van der Waals surface area contributed by atoms with Gasteiger partial charge in [0.1, 0.15) is 10.8 Å². The monoisotopic (exact) mass is 519 g/mol. The van der Waals surface area contributed by atoms with E-state index in [2.05, 4.69) is 53.2 Å². The number of carbonyl (C=O) groups excluding carboxylic acids is 1. The van der Waals surface area contributed by atoms with Crippen LogP contribution in [0.1, 0.15) is 21.5 Å². The summed E-state index contributed by atoms with van der Waals surface area (Å²) >= 11 is 1.49. The lowest BCUT2D eigenvalue weighted by Crippen LogP contribution is -2.17. The third kappa shape index (κ3) is 5.93. The van der Waals surface area contributed by atoms with Gasteiger partial charge in [0.05, 0.1) is 18.5 Å². The van der Waals surface area contributed by atoms with Crippen LogP contribution < -0.4 is 14.9 Å². The number of aromatic nitrogens is 1. The second-order valence-electron chi connectivity index (χ2n) is 8.95. The van der Waals surface area contributed by atoms with Gasteiger partial charge in [-0.05, 0) is 55.3 Å². The van der Waals surface area contributed by atoms with E-state index in [0.717, 1.165) is 38.9 Å². The Morgan fingerprint density at radius 3 is 2.18 bits per heavy atom. The van der Waals surface area contributed by atoms with Crippen molar-refractivity contribution in [2.45, 2.75) is 19.9 Å². The molecule has 1 heterocycles. The van der Waals surface area contributed by atoms with Crippen LogP contribution in [0.5, 0.6) is 5.75 Å². The zero-order valence-electron chi connectivity index (χ0n) is 21.4. The summed E-state index contributed by atoms with van der Waals surface area (Å²) in [4.78, 5) is 19.0. The normalized spacial score (nSPS) is 11.4. The number of benzene rings is 4. The van der Waals surface area contributed by atoms with Gasteiger partial charge in [-0.15, -0.1) is 0 Å². The number of methoxy groups -OCH3 is 1. The Morgan fingerprint density at radius 1 is 0.868 bits per heavy atom. The predicted octanol–water partition coefficient (Wildman–Crippen LogP) is 7.26. The molecular weight excluding hydrogens is 490 g/mol. The second-order valence-corrected chi connectivity index (χ2v) is 9.92. The molecule has 0 saturated carbocycles. The van der Waals surface area contributed by atoms with Gasteiger partial charge in [0.25, 0.3) is 5.91 Å². The third-order valence-corrected chi connectivity index (χ3v) is 7.26. The zero-order chi connectivity index (χ0) is 26.3. The highest BCUT2D eigenvalue weighted by Crippen LogP contribution is 2.32. The van der Waals surface area contributed by atoms with Crippen molar-refractivity contribution in [1.29, 1.82) is 0 Å². The molecule has 1 N–H and O–H groups in total. The summed E-state index contributed by atoms with van der Waals surface area (Å²) in [6.45, 7) is 2.77. The molecule has 0 fully saturated rings. The molecule has 0 atom stereocenters. The standard InChI is InChI=1S/C32H29N3O2S/c1-23-13-17-25(18-14-23)29-31(34-30(36)26-9-5-3-6-10-26)38-32(33-27-11-7-4-8-12-27)35(29)22-21-24-15-19-28(37-2)20-16-24/h3-20H,21-22H2,1-2H3,(H,34,36). The highest BCUT2D eigenvalue weighted by Gasteiger charge is 2.19. The number of thiazole rings is 1. The van der Waals surface area contributed by atoms with Crippen LogP contribution in [0.15, 0.2) is 114 Å². The molecule has 0 radical (unpaired) electrons. The van der Waals surface area contributed by atoms with Crippen molar-refractivity contribution < 1.29 is 9.53 Å². The van der Waals surface area contributed by atoms with E-state index in [-0.39, 0.29) is 5.91 Å². The van der Waals surface area contributed by atoms with E-state index in [1.165, 1.54) is 22.5 Å². The number of ether oxygens (including phenoxy) is 1. The average Bonchev–Trinajstić information content (AvgIpc) is 3.29. The number of aryl methyl sites for hydroxylation is 2. The topological polar surface area (TPSA) is 55.6 Å². The number of rotatable bonds is 8. The van der Waals surface area contributed by atoms with Crippen molar-refractivity contribution in [1.82, 2.24) is 4.57 Å². The van der Waals surface area contributed by atoms with Gasteiger partial charge < -0.3 is 14.6 Å². The van der Waals surface area contributed by atoms with Crippen molar-refractivity contribution in [3.63, 3.8) is 0 Å². The van der Waals surface area contributed by atoms with Gasteiger partial charge in [-0.25, -0.2) is 4.99 Å². The van der Waals surface area contributed by atoms with Crippen LogP contribution in [0.4, 0.5) is 10.7 Å². The number of nitrogens with one attached hydrogen (secondary N) is 1. The number of anilines is 1. The minimum absolute atomic E-state index is 0.145. The molecule has 0 aliphatic heterocycles. The summed E-state index contributed by atoms with van der Waals surface area (Å²) in [5.41, 5.74) is 5.82. The molecule has 1 aromatic heterocycles. The summed E-state index contributed by atoms with van der Waals surface area (Å²) in [5, 5.41) is 3.95. The fourth-order valence-electron chi connectivity index (χ4n) is 4.20. The lowest BCUT2D eigenvalue weighted by molar-refractivity contribution is 0.102. The minimum Gasteiger partial charge on any atom is -0.497 e. The molecule has 5 rings (SSSR count). The Morgan fingerprint density at radius 2 is 1.53 bits per heavy atom. The van der Waals surface area contributed by atoms with Crippen molar-refractivity contribution in [3.05, 3.63) is 131 Å². The predicted molar refractivity (Wildman–Crippen MR) is 155 cm³/mol. The summed E-state index contributed by atoms with van der Waals surface area (Å²) in [5.74, 6) is 0.691. The first-order chi connectivity index (χ1) is 18.6. The summed E-state index contributed by atoms with van der Waals surface area (Å²) < 4.78 is 7.54. The van der Waals surface area contributed by atoms with E-state index >= 15 is 0 Å². The van der Waals surface area contributed by atoms with Gasteiger partial charge in [-0.1, -0.05) is 89.7 Å². The minimum atomic E-state index is -0.145. The summed E-state index contributed by atoms with van der Waals surface area (Å²) in [6.07, 6.45) is 0.799. The maximum atomic E-state index is 13.2. The van der Waals surface area contributed by atoms with Gasteiger partial charge in [-0.3, -0.25) is 4.79 Å². The largest absolute Gasteiger partial charge is 0.497 e. The fourth-order valence-corrected chi connectivity index (χ4v) is 5.29. The molecule has 6 heteroatoms. The van der Waals surface area contributed by atoms with Crippen molar-refractivity contribution >= 4 is 27.9 Å². The van der Waals surface area contributed by atoms with E-state index in [4.69, 9.17) is 9.73 Å². The van der Waals surface area contributed by atoms with Gasteiger partial charge in [-0.2, -0.15) is 0 Å². The molecule has 0 spiro atoms. The SMILES string of the molecule is COc1ccc(CCn2c(-c3ccc(C)cc3)c(NC(=O)c3ccccc3)sc2=Nc2ccccc2)cc1. The first-order valence-electron chi connectivity index (χ1n) is 12.5. The van der Waals surface area contributed by atoms with Crippen LogP contribution in [0, 0.1) is 6.92 Å². The molecule has 5 aromatic rings. The van der Waals surface area contributed by atoms with Gasteiger partial charge in [0, 0.05) is 17.7 Å². The average molecular weight is 520 g/mol. The zero-order valence-corrected chi connectivity index (χ0v) is 22.2. The number of nitrogens with zero attached hydrogens (tertiary/aromatic N) is 2. The first-order valence-corrected chi connectivity index (χ1v) is 13.3. The van der Waals surface area contributed by atoms with E-state index < -0.39 is 0 Å². The van der Waals surface area contributed by atoms with Crippen LogP contribution in [0.3, 0.4) is 0 Å². The molecule has 0 saturated heterocycles. The van der Waals surface area contributed by atoms with E-state index in [9.17, 15) is 4.79 Å². The number of hydrogen-bond donors (Lipinski definition) is 1. The number of amides is 1. The van der Waals surface area contributed by atoms with Crippen molar-refractivity contribution in [3.8, 4) is 17.0 Å². The van der Waals surface area contributed by atoms with Crippen LogP contribution in [-0.4, -0.2) is 17.6 Å². The maximum Gasteiger partial charge on any atom is 0.256 e. The summed E-state index contributed by atoms with van der Waals surface area (Å²) in [7, 11) is 1.67. The van der Waals surface area contributed by atoms with E-state index in [1.807, 2.05) is 72.8 Å². The molecule has 38 heavy (non-hydrogen) atoms. The Labute approximate surface area is 226 Å². The highest BCUT2D eigenvalue weighted by atomic mass is 32.1. The molecule has 0 bridgehead atoms. The smallest absolute Gasteiger partial charge is 0.256 e. The lowest BCUT2D eigenvalue weighted by Gasteiger charge is -2.13. The van der Waals surface area contributed by atoms with Crippen LogP contribution in [-0.2, 0) is 13.0 Å². The first kappa shape index (κ1) is 25.2. The van der Waals surface area contributed by atoms with Crippen LogP contribution in [0.2, 0.25) is 0 Å². The summed E-state index contributed by atoms with van der Waals surface area (Å²) in [6, 6.07) is 35.7. The quantitative estimate of drug-likeness (QED) is 0.235.